The van der Waals surface area contributed by atoms with Gasteiger partial charge in [0.05, 0.1) is 19.3 Å². The van der Waals surface area contributed by atoms with Crippen molar-refractivity contribution in [2.75, 3.05) is 24.7 Å². The fourth-order valence-corrected chi connectivity index (χ4v) is 2.59. The van der Waals surface area contributed by atoms with E-state index >= 15 is 0 Å². The molecule has 18 heavy (non-hydrogen) atoms. The molecule has 0 aromatic heterocycles. The van der Waals surface area contributed by atoms with Gasteiger partial charge in [0.15, 0.2) is 0 Å². The van der Waals surface area contributed by atoms with Crippen LogP contribution in [0.25, 0.3) is 0 Å². The molecule has 1 heterocycles. The summed E-state index contributed by atoms with van der Waals surface area (Å²) in [5, 5.41) is 0. The van der Waals surface area contributed by atoms with Crippen LogP contribution in [-0.4, -0.2) is 25.8 Å². The summed E-state index contributed by atoms with van der Waals surface area (Å²) >= 11 is 0. The fraction of sp³-hybridized carbons (Fsp3) is 0.600. The third-order valence-electron chi connectivity index (χ3n) is 3.78. The second kappa shape index (κ2) is 6.21. The minimum Gasteiger partial charge on any atom is -0.377 e. The van der Waals surface area contributed by atoms with Gasteiger partial charge in [-0.05, 0) is 24.5 Å². The highest BCUT2D eigenvalue weighted by Gasteiger charge is 2.24. The van der Waals surface area contributed by atoms with E-state index < -0.39 is 0 Å². The Morgan fingerprint density at radius 1 is 1.39 bits per heavy atom. The summed E-state index contributed by atoms with van der Waals surface area (Å²) in [6, 6.07) is 9.13. The molecular weight excluding hydrogens is 224 g/mol. The lowest BCUT2D eigenvalue weighted by Crippen LogP contribution is -2.45. The van der Waals surface area contributed by atoms with E-state index in [2.05, 4.69) is 43.0 Å². The number of rotatable bonds is 4. The minimum absolute atomic E-state index is 0.126. The molecule has 0 saturated carbocycles. The van der Waals surface area contributed by atoms with E-state index in [0.717, 1.165) is 32.6 Å². The summed E-state index contributed by atoms with van der Waals surface area (Å²) in [6.07, 6.45) is 2.08. The smallest absolute Gasteiger partial charge is 0.0670 e. The van der Waals surface area contributed by atoms with E-state index in [1.54, 1.807) is 0 Å². The predicted octanol–water partition coefficient (Wildman–Crippen LogP) is 2.71. The molecule has 0 radical (unpaired) electrons. The Kier molecular flexibility index (Phi) is 4.61. The van der Waals surface area contributed by atoms with Crippen molar-refractivity contribution in [2.45, 2.75) is 38.8 Å². The van der Waals surface area contributed by atoms with Crippen LogP contribution in [0, 0.1) is 0 Å². The van der Waals surface area contributed by atoms with Crippen molar-refractivity contribution in [3.63, 3.8) is 0 Å². The zero-order valence-corrected chi connectivity index (χ0v) is 11.4. The van der Waals surface area contributed by atoms with Crippen LogP contribution in [-0.2, 0) is 4.74 Å². The maximum Gasteiger partial charge on any atom is 0.0670 e. The van der Waals surface area contributed by atoms with Gasteiger partial charge in [0, 0.05) is 18.3 Å². The van der Waals surface area contributed by atoms with Gasteiger partial charge in [-0.15, -0.1) is 0 Å². The normalized spacial score (nSPS) is 21.9. The summed E-state index contributed by atoms with van der Waals surface area (Å²) < 4.78 is 5.58. The molecule has 1 aromatic carbocycles. The number of hydrogen-bond acceptors (Lipinski definition) is 3. The third-order valence-corrected chi connectivity index (χ3v) is 3.78. The van der Waals surface area contributed by atoms with Crippen molar-refractivity contribution in [3.05, 3.63) is 29.8 Å². The number of para-hydroxylation sites is 1. The first-order valence-electron chi connectivity index (χ1n) is 6.96. The standard InChI is InChI=1S/C15H24N2O/c1-3-12-11-18-10-9-17(12)15-8-6-5-7-13(15)14(16)4-2/h5-8,12,14H,3-4,9-11,16H2,1-2H3/t12?,14-/m0/s1. The maximum absolute atomic E-state index is 6.23. The van der Waals surface area contributed by atoms with Crippen molar-refractivity contribution in [3.8, 4) is 0 Å². The highest BCUT2D eigenvalue weighted by atomic mass is 16.5. The molecule has 0 amide bonds. The van der Waals surface area contributed by atoms with Gasteiger partial charge in [-0.2, -0.15) is 0 Å². The predicted molar refractivity (Wildman–Crippen MR) is 75.9 cm³/mol. The Bertz CT molecular complexity index is 381. The zero-order chi connectivity index (χ0) is 13.0. The van der Waals surface area contributed by atoms with E-state index in [1.165, 1.54) is 11.3 Å². The van der Waals surface area contributed by atoms with E-state index in [1.807, 2.05) is 0 Å². The first-order chi connectivity index (χ1) is 8.77. The van der Waals surface area contributed by atoms with Gasteiger partial charge in [-0.1, -0.05) is 32.0 Å². The molecule has 2 rings (SSSR count). The molecule has 1 aromatic rings. The topological polar surface area (TPSA) is 38.5 Å². The van der Waals surface area contributed by atoms with Gasteiger partial charge >= 0.3 is 0 Å². The molecule has 0 bridgehead atoms. The molecule has 2 N–H and O–H groups in total. The molecule has 0 spiro atoms. The first kappa shape index (κ1) is 13.4. The van der Waals surface area contributed by atoms with Crippen LogP contribution in [0.2, 0.25) is 0 Å². The summed E-state index contributed by atoms with van der Waals surface area (Å²) in [5.74, 6) is 0. The third kappa shape index (κ3) is 2.68. The molecule has 3 heteroatoms. The maximum atomic E-state index is 6.23. The number of benzene rings is 1. The molecular formula is C15H24N2O. The fourth-order valence-electron chi connectivity index (χ4n) is 2.59. The van der Waals surface area contributed by atoms with Gasteiger partial charge in [0.1, 0.15) is 0 Å². The molecule has 1 aliphatic heterocycles. The Balaban J connectivity index is 2.30. The molecule has 100 valence electrons. The Hall–Kier alpha value is -1.06. The summed E-state index contributed by atoms with van der Waals surface area (Å²) in [4.78, 5) is 2.47. The number of ether oxygens (including phenoxy) is 1. The highest BCUT2D eigenvalue weighted by Crippen LogP contribution is 2.29. The average molecular weight is 248 g/mol. The number of nitrogens with zero attached hydrogens (tertiary/aromatic N) is 1. The molecule has 1 unspecified atom stereocenters. The summed E-state index contributed by atoms with van der Waals surface area (Å²) in [5.41, 5.74) is 8.79. The van der Waals surface area contributed by atoms with Gasteiger partial charge < -0.3 is 15.4 Å². The minimum atomic E-state index is 0.126. The lowest BCUT2D eigenvalue weighted by molar-refractivity contribution is 0.0928. The van der Waals surface area contributed by atoms with E-state index in [9.17, 15) is 0 Å². The van der Waals surface area contributed by atoms with Crippen LogP contribution in [0.5, 0.6) is 0 Å². The monoisotopic (exact) mass is 248 g/mol. The SMILES string of the molecule is CCC1COCCN1c1ccccc1[C@@H](N)CC. The van der Waals surface area contributed by atoms with E-state index in [-0.39, 0.29) is 6.04 Å². The molecule has 2 atom stereocenters. The molecule has 0 aliphatic carbocycles. The van der Waals surface area contributed by atoms with Gasteiger partial charge in [0.25, 0.3) is 0 Å². The van der Waals surface area contributed by atoms with Gasteiger partial charge in [-0.25, -0.2) is 0 Å². The van der Waals surface area contributed by atoms with Crippen molar-refractivity contribution in [1.82, 2.24) is 0 Å². The van der Waals surface area contributed by atoms with Crippen LogP contribution in [0.1, 0.15) is 38.3 Å². The highest BCUT2D eigenvalue weighted by molar-refractivity contribution is 5.56. The first-order valence-corrected chi connectivity index (χ1v) is 6.96. The second-order valence-corrected chi connectivity index (χ2v) is 4.90. The lowest BCUT2D eigenvalue weighted by atomic mass is 10.0. The van der Waals surface area contributed by atoms with Crippen molar-refractivity contribution in [1.29, 1.82) is 0 Å². The summed E-state index contributed by atoms with van der Waals surface area (Å²) in [6.45, 7) is 6.96. The Morgan fingerprint density at radius 3 is 2.89 bits per heavy atom. The average Bonchev–Trinajstić information content (AvgIpc) is 2.46. The molecule has 3 nitrogen and oxygen atoms in total. The quantitative estimate of drug-likeness (QED) is 0.890. The number of nitrogens with two attached hydrogens (primary N) is 1. The van der Waals surface area contributed by atoms with Gasteiger partial charge in [0.2, 0.25) is 0 Å². The van der Waals surface area contributed by atoms with Crippen molar-refractivity contribution in [2.24, 2.45) is 5.73 Å². The zero-order valence-electron chi connectivity index (χ0n) is 11.4. The Labute approximate surface area is 110 Å². The van der Waals surface area contributed by atoms with Crippen LogP contribution >= 0.6 is 0 Å². The lowest BCUT2D eigenvalue weighted by Gasteiger charge is -2.38. The molecule has 1 aliphatic rings. The largest absolute Gasteiger partial charge is 0.377 e. The number of hydrogen-bond donors (Lipinski definition) is 1. The Morgan fingerprint density at radius 2 is 2.17 bits per heavy atom. The van der Waals surface area contributed by atoms with E-state index in [4.69, 9.17) is 10.5 Å². The number of morpholine rings is 1. The van der Waals surface area contributed by atoms with Crippen molar-refractivity contribution < 1.29 is 4.74 Å². The summed E-state index contributed by atoms with van der Waals surface area (Å²) in [7, 11) is 0. The van der Waals surface area contributed by atoms with Crippen LogP contribution in [0.4, 0.5) is 5.69 Å². The van der Waals surface area contributed by atoms with Crippen LogP contribution in [0.3, 0.4) is 0 Å². The van der Waals surface area contributed by atoms with Crippen LogP contribution in [0.15, 0.2) is 24.3 Å². The van der Waals surface area contributed by atoms with Crippen molar-refractivity contribution >= 4 is 5.69 Å². The number of anilines is 1. The molecule has 1 fully saturated rings. The van der Waals surface area contributed by atoms with Gasteiger partial charge in [-0.3, -0.25) is 0 Å². The van der Waals surface area contributed by atoms with E-state index in [0.29, 0.717) is 6.04 Å². The second-order valence-electron chi connectivity index (χ2n) is 4.90. The molecule has 1 saturated heterocycles. The van der Waals surface area contributed by atoms with Crippen LogP contribution < -0.4 is 10.6 Å².